The normalized spacial score (nSPS) is 26.3. The fourth-order valence-electron chi connectivity index (χ4n) is 5.54. The first kappa shape index (κ1) is 25.9. The number of halogens is 4. The van der Waals surface area contributed by atoms with Crippen molar-refractivity contribution >= 4 is 21.6 Å². The molecule has 2 saturated heterocycles. The minimum absolute atomic E-state index is 0.142. The van der Waals surface area contributed by atoms with Gasteiger partial charge in [0.25, 0.3) is 5.91 Å². The molecular weight excluding hydrogens is 492 g/mol. The fraction of sp³-hybridized carbons (Fsp3) is 0.480. The summed E-state index contributed by atoms with van der Waals surface area (Å²) < 4.78 is 77.7. The molecule has 1 unspecified atom stereocenters. The monoisotopic (exact) mass is 519 g/mol. The van der Waals surface area contributed by atoms with Crippen molar-refractivity contribution in [1.29, 1.82) is 0 Å². The molecule has 2 aromatic rings. The number of likely N-dealkylation sites (tertiary alicyclic amines) is 1. The molecule has 2 aromatic carbocycles. The molecule has 0 bridgehead atoms. The van der Waals surface area contributed by atoms with Crippen LogP contribution in [0.2, 0.25) is 0 Å². The fourth-order valence-corrected chi connectivity index (χ4v) is 5.54. The second kappa shape index (κ2) is 9.23. The first-order valence-electron chi connectivity index (χ1n) is 12.2. The largest absolute Gasteiger partial charge is 0.493 e. The number of nitrogens with zero attached hydrogens (tertiary/aromatic N) is 1. The van der Waals surface area contributed by atoms with E-state index in [4.69, 9.17) is 18.9 Å². The molecule has 0 radical (unpaired) electrons. The summed E-state index contributed by atoms with van der Waals surface area (Å²) in [6, 6.07) is 8.02. The first-order chi connectivity index (χ1) is 17.4. The molecule has 1 amide bonds. The van der Waals surface area contributed by atoms with E-state index >= 15 is 0 Å². The Morgan fingerprint density at radius 1 is 1.11 bits per heavy atom. The number of amides is 1. The quantitative estimate of drug-likeness (QED) is 0.434. The van der Waals surface area contributed by atoms with Gasteiger partial charge in [-0.25, -0.2) is 17.6 Å². The van der Waals surface area contributed by atoms with Crippen LogP contribution in [0.25, 0.3) is 0 Å². The Hall–Kier alpha value is -2.72. The van der Waals surface area contributed by atoms with Gasteiger partial charge in [-0.3, -0.25) is 4.79 Å². The highest BCUT2D eigenvalue weighted by molar-refractivity contribution is 6.38. The maximum atomic E-state index is 14.1. The van der Waals surface area contributed by atoms with Crippen molar-refractivity contribution in [2.24, 2.45) is 5.92 Å². The van der Waals surface area contributed by atoms with E-state index < -0.39 is 34.8 Å². The van der Waals surface area contributed by atoms with Crippen LogP contribution in [-0.4, -0.2) is 70.9 Å². The summed E-state index contributed by atoms with van der Waals surface area (Å²) >= 11 is 0. The van der Waals surface area contributed by atoms with Gasteiger partial charge in [0.05, 0.1) is 25.8 Å². The van der Waals surface area contributed by atoms with E-state index in [1.807, 2.05) is 0 Å². The zero-order valence-electron chi connectivity index (χ0n) is 20.9. The van der Waals surface area contributed by atoms with Crippen LogP contribution in [0.5, 0.6) is 11.5 Å². The molecule has 1 aliphatic carbocycles. The van der Waals surface area contributed by atoms with E-state index in [1.165, 1.54) is 19.2 Å². The predicted molar refractivity (Wildman–Crippen MR) is 130 cm³/mol. The van der Waals surface area contributed by atoms with Gasteiger partial charge in [0.15, 0.2) is 27.2 Å². The lowest BCUT2D eigenvalue weighted by Gasteiger charge is -2.42. The van der Waals surface area contributed by atoms with Crippen molar-refractivity contribution in [3.05, 3.63) is 59.2 Å². The number of methoxy groups -OCH3 is 1. The van der Waals surface area contributed by atoms with Crippen molar-refractivity contribution in [3.63, 3.8) is 0 Å². The highest BCUT2D eigenvalue weighted by Gasteiger charge is 2.57. The van der Waals surface area contributed by atoms with Gasteiger partial charge in [-0.1, -0.05) is 0 Å². The lowest BCUT2D eigenvalue weighted by molar-refractivity contribution is -0.119. The molecule has 12 heteroatoms. The van der Waals surface area contributed by atoms with E-state index in [0.717, 1.165) is 6.07 Å². The Morgan fingerprint density at radius 2 is 1.81 bits per heavy atom. The Balaban J connectivity index is 1.32. The van der Waals surface area contributed by atoms with Gasteiger partial charge < -0.3 is 23.8 Å². The van der Waals surface area contributed by atoms with E-state index in [0.29, 0.717) is 22.6 Å². The number of alkyl halides is 2. The topological polar surface area (TPSA) is 57.2 Å². The van der Waals surface area contributed by atoms with Gasteiger partial charge in [0, 0.05) is 43.4 Å². The number of ether oxygens (including phenoxy) is 4. The molecule has 0 N–H and O–H groups in total. The van der Waals surface area contributed by atoms with E-state index in [2.05, 4.69) is 0 Å². The van der Waals surface area contributed by atoms with Crippen LogP contribution in [0.4, 0.5) is 17.6 Å². The van der Waals surface area contributed by atoms with Crippen LogP contribution in [-0.2, 0) is 15.1 Å². The highest BCUT2D eigenvalue weighted by atomic mass is 19.3. The summed E-state index contributed by atoms with van der Waals surface area (Å²) in [5.74, 6) is -3.86. The molecule has 1 saturated carbocycles. The molecule has 3 fully saturated rings. The Bertz CT molecular complexity index is 1190. The first-order valence-corrected chi connectivity index (χ1v) is 12.2. The smallest absolute Gasteiger partial charge is 0.254 e. The number of fused-ring (bicyclic) bond motifs is 1. The summed E-state index contributed by atoms with van der Waals surface area (Å²) in [7, 11) is 4.89. The standard InChI is InChI=1S/C25H27B2F4NO5/c1-34-20-6-15(2-3-19(20)35-13-14-10-23(30,31)11-14)22(33)32-5-4-24(16-7-17(28)9-18(29)8-16)21(12-32)36-25(26,27)37-24/h2-3,6-9,14,21H,4-5,10-13,26-27H2,1H3/t21?,24-/m1/s1. The van der Waals surface area contributed by atoms with Crippen molar-refractivity contribution < 1.29 is 41.3 Å². The van der Waals surface area contributed by atoms with Crippen molar-refractivity contribution in [1.82, 2.24) is 4.90 Å². The van der Waals surface area contributed by atoms with Crippen LogP contribution >= 0.6 is 0 Å². The number of hydrogen-bond acceptors (Lipinski definition) is 5. The average molecular weight is 519 g/mol. The molecule has 2 aliphatic heterocycles. The van der Waals surface area contributed by atoms with Crippen molar-refractivity contribution in [2.45, 2.75) is 42.5 Å². The second-order valence-corrected chi connectivity index (χ2v) is 10.5. The molecule has 6 nitrogen and oxygen atoms in total. The molecule has 196 valence electrons. The average Bonchev–Trinajstić information content (AvgIpc) is 3.10. The minimum atomic E-state index is -2.62. The zero-order valence-corrected chi connectivity index (χ0v) is 20.9. The summed E-state index contributed by atoms with van der Waals surface area (Å²) in [5.41, 5.74) is -1.43. The lowest BCUT2D eigenvalue weighted by atomic mass is 9.76. The van der Waals surface area contributed by atoms with Crippen LogP contribution in [0.1, 0.15) is 35.2 Å². The molecule has 0 spiro atoms. The van der Waals surface area contributed by atoms with E-state index in [9.17, 15) is 22.4 Å². The maximum absolute atomic E-state index is 14.1. The highest BCUT2D eigenvalue weighted by Crippen LogP contribution is 2.47. The summed E-state index contributed by atoms with van der Waals surface area (Å²) in [6.45, 7) is 0.559. The van der Waals surface area contributed by atoms with Crippen molar-refractivity contribution in [3.8, 4) is 11.5 Å². The Labute approximate surface area is 214 Å². The maximum Gasteiger partial charge on any atom is 0.254 e. The van der Waals surface area contributed by atoms with Crippen molar-refractivity contribution in [2.75, 3.05) is 26.8 Å². The lowest BCUT2D eigenvalue weighted by Crippen LogP contribution is -2.53. The number of hydrogen-bond donors (Lipinski definition) is 0. The van der Waals surface area contributed by atoms with E-state index in [-0.39, 0.29) is 50.8 Å². The number of carbonyl (C=O) groups excluding carboxylic acids is 1. The second-order valence-electron chi connectivity index (χ2n) is 10.5. The Kier molecular flexibility index (Phi) is 6.47. The third-order valence-corrected chi connectivity index (χ3v) is 7.21. The number of piperidine rings is 1. The van der Waals surface area contributed by atoms with Gasteiger partial charge in [-0.15, -0.1) is 0 Å². The molecule has 3 aliphatic rings. The van der Waals surface area contributed by atoms with Crippen LogP contribution in [0.15, 0.2) is 36.4 Å². The molecule has 2 heterocycles. The van der Waals surface area contributed by atoms with E-state index in [1.54, 1.807) is 38.8 Å². The number of rotatable bonds is 6. The van der Waals surface area contributed by atoms with Crippen LogP contribution in [0, 0.1) is 17.6 Å². The number of carbonyl (C=O) groups is 1. The molecule has 2 atom stereocenters. The summed E-state index contributed by atoms with van der Waals surface area (Å²) in [4.78, 5) is 15.0. The van der Waals surface area contributed by atoms with Gasteiger partial charge in [-0.2, -0.15) is 0 Å². The SMILES string of the molecule is BC1(B)OC2CN(C(=O)c3ccc(OCC4CC(F)(F)C4)c(OC)c3)CC[C@]2(c2cc(F)cc(F)c2)O1. The third kappa shape index (κ3) is 5.05. The molecular formula is C25H27B2F4NO5. The minimum Gasteiger partial charge on any atom is -0.493 e. The molecule has 37 heavy (non-hydrogen) atoms. The third-order valence-electron chi connectivity index (χ3n) is 7.21. The van der Waals surface area contributed by atoms with Crippen LogP contribution in [0.3, 0.4) is 0 Å². The molecule has 5 rings (SSSR count). The van der Waals surface area contributed by atoms with Gasteiger partial charge >= 0.3 is 0 Å². The van der Waals surface area contributed by atoms with Gasteiger partial charge in [0.1, 0.15) is 23.3 Å². The summed E-state index contributed by atoms with van der Waals surface area (Å²) in [6.07, 6.45) is -0.769. The summed E-state index contributed by atoms with van der Waals surface area (Å²) in [5, 5.41) is 0. The van der Waals surface area contributed by atoms with Crippen LogP contribution < -0.4 is 9.47 Å². The van der Waals surface area contributed by atoms with Gasteiger partial charge in [0.2, 0.25) is 5.92 Å². The molecule has 0 aromatic heterocycles. The predicted octanol–water partition coefficient (Wildman–Crippen LogP) is 2.43. The van der Waals surface area contributed by atoms with Gasteiger partial charge in [-0.05, 0) is 35.9 Å². The zero-order chi connectivity index (χ0) is 26.6. The Morgan fingerprint density at radius 3 is 2.46 bits per heavy atom. The number of benzene rings is 2.